The lowest BCUT2D eigenvalue weighted by atomic mass is 9.76. The predicted molar refractivity (Wildman–Crippen MR) is 402 cm³/mol. The van der Waals surface area contributed by atoms with E-state index >= 15 is 0 Å². The van der Waals surface area contributed by atoms with Gasteiger partial charge in [-0.1, -0.05) is 233 Å². The Balaban J connectivity index is 0.948. The van der Waals surface area contributed by atoms with Gasteiger partial charge in [-0.3, -0.25) is 0 Å². The zero-order valence-electron chi connectivity index (χ0n) is 56.1. The number of ether oxygens (including phenoxy) is 2. The molecule has 11 aromatic carbocycles. The summed E-state index contributed by atoms with van der Waals surface area (Å²) in [4.78, 5) is 4.99. The number of benzene rings is 11. The average molecular weight is 1240 g/mol. The molecule has 94 heavy (non-hydrogen) atoms. The van der Waals surface area contributed by atoms with Gasteiger partial charge in [-0.05, 0) is 221 Å². The van der Waals surface area contributed by atoms with Crippen molar-refractivity contribution < 1.29 is 9.47 Å². The van der Waals surface area contributed by atoms with Crippen molar-refractivity contribution in [2.24, 2.45) is 23.7 Å². The molecular formula is C90H94N2O2. The van der Waals surface area contributed by atoms with Gasteiger partial charge in [0.2, 0.25) is 0 Å². The largest absolute Gasteiger partial charge is 0.489 e. The van der Waals surface area contributed by atoms with Crippen LogP contribution in [0.15, 0.2) is 194 Å². The third-order valence-electron chi connectivity index (χ3n) is 22.2. The van der Waals surface area contributed by atoms with Crippen LogP contribution in [0.5, 0.6) is 11.5 Å². The lowest BCUT2D eigenvalue weighted by molar-refractivity contribution is 0.0736. The highest BCUT2D eigenvalue weighted by Gasteiger charge is 2.34. The van der Waals surface area contributed by atoms with E-state index in [4.69, 9.17) is 9.47 Å². The second-order valence-corrected chi connectivity index (χ2v) is 28.9. The van der Waals surface area contributed by atoms with Crippen molar-refractivity contribution >= 4 is 102 Å². The van der Waals surface area contributed by atoms with Crippen molar-refractivity contribution in [2.75, 3.05) is 9.80 Å². The van der Waals surface area contributed by atoms with Crippen molar-refractivity contribution in [3.8, 4) is 11.5 Å². The molecule has 4 saturated carbocycles. The smallest absolute Gasteiger partial charge is 0.128 e. The first-order chi connectivity index (χ1) is 46.2. The zero-order chi connectivity index (χ0) is 63.5. The summed E-state index contributed by atoms with van der Waals surface area (Å²) in [6.45, 7) is 8.67. The Labute approximate surface area is 559 Å². The molecular weight excluding hydrogens is 1140 g/mol. The third kappa shape index (κ3) is 13.2. The lowest BCUT2D eigenvalue weighted by Gasteiger charge is -2.36. The van der Waals surface area contributed by atoms with Crippen LogP contribution in [0.25, 0.3) is 67.4 Å². The highest BCUT2D eigenvalue weighted by atomic mass is 16.5. The molecule has 4 nitrogen and oxygen atoms in total. The van der Waals surface area contributed by atoms with Crippen molar-refractivity contribution in [3.63, 3.8) is 0 Å². The van der Waals surface area contributed by atoms with E-state index in [2.05, 4.69) is 256 Å². The molecule has 0 heterocycles. The van der Waals surface area contributed by atoms with E-state index in [9.17, 15) is 0 Å². The van der Waals surface area contributed by atoms with Gasteiger partial charge in [-0.25, -0.2) is 0 Å². The Morgan fingerprint density at radius 1 is 0.287 bits per heavy atom. The monoisotopic (exact) mass is 1230 g/mol. The van der Waals surface area contributed by atoms with Crippen LogP contribution in [0.4, 0.5) is 34.1 Å². The standard InChI is InChI=1S/C90H94N2O2/c1-61-23-31-65(32-24-61)35-37-67-39-47-75(48-40-67)91(73-43-27-63(3)28-44-73)81-55-51-79-87-77(81)53-57-85(93-83-21-13-11-19-71(83)59-69-15-7-5-8-16-69)89(87)80-52-56-82(78-54-58-86(90(79)88(78)80)94-84-22-14-12-20-72(84)60-70-17-9-6-10-18-70)92(74-45-29-64(4)30-46-74)76-49-41-68(42-50-76)38-36-66-33-25-62(2)26-34-66/h23-58,69-72,83-84H,5-22,59-60H2,1-4H3/b37-35+,38-36+. The van der Waals surface area contributed by atoms with Gasteiger partial charge >= 0.3 is 0 Å². The quantitative estimate of drug-likeness (QED) is 0.0486. The molecule has 476 valence electrons. The Morgan fingerprint density at radius 2 is 0.574 bits per heavy atom. The SMILES string of the molecule is Cc1ccc(/C=C/c2ccc(N(c3ccc(C)cc3)c3ccc4c5c(OC6CCCCC6CC6CCCCC6)ccc6c(N(c7ccc(C)cc7)c7ccc(/C=C/c8ccc(C)cc8)cc7)ccc(c7c(OC8CCCCC8CC8CCCCC8)ccc3c47)c65)cc2)cc1. The summed E-state index contributed by atoms with van der Waals surface area (Å²) in [5.74, 6) is 4.69. The lowest BCUT2D eigenvalue weighted by Crippen LogP contribution is -2.32. The van der Waals surface area contributed by atoms with Gasteiger partial charge in [0, 0.05) is 55.1 Å². The van der Waals surface area contributed by atoms with Gasteiger partial charge in [0.05, 0.1) is 11.4 Å². The van der Waals surface area contributed by atoms with Gasteiger partial charge in [-0.15, -0.1) is 0 Å². The maximum atomic E-state index is 7.89. The Morgan fingerprint density at radius 3 is 0.926 bits per heavy atom. The van der Waals surface area contributed by atoms with E-state index in [1.807, 2.05) is 0 Å². The molecule has 4 fully saturated rings. The minimum Gasteiger partial charge on any atom is -0.489 e. The number of fused-ring (bicyclic) bond motifs is 2. The fraction of sp³-hybridized carbons (Fsp3) is 0.333. The van der Waals surface area contributed by atoms with Crippen molar-refractivity contribution in [1.82, 2.24) is 0 Å². The van der Waals surface area contributed by atoms with E-state index in [0.717, 1.165) is 81.4 Å². The van der Waals surface area contributed by atoms with Crippen molar-refractivity contribution in [2.45, 2.75) is 168 Å². The van der Waals surface area contributed by atoms with Gasteiger partial charge in [-0.2, -0.15) is 0 Å². The Hall–Kier alpha value is -8.60. The first-order valence-corrected chi connectivity index (χ1v) is 36.2. The summed E-state index contributed by atoms with van der Waals surface area (Å²) >= 11 is 0. The van der Waals surface area contributed by atoms with Crippen LogP contribution >= 0.6 is 0 Å². The van der Waals surface area contributed by atoms with Gasteiger partial charge in [0.25, 0.3) is 0 Å². The fourth-order valence-electron chi connectivity index (χ4n) is 17.0. The second-order valence-electron chi connectivity index (χ2n) is 28.9. The normalized spacial score (nSPS) is 19.3. The molecule has 0 bridgehead atoms. The summed E-state index contributed by atoms with van der Waals surface area (Å²) in [6, 6.07) is 73.5. The fourth-order valence-corrected chi connectivity index (χ4v) is 17.0. The van der Waals surface area contributed by atoms with Crippen LogP contribution in [0, 0.1) is 51.4 Å². The number of hydrogen-bond donors (Lipinski definition) is 0. The maximum absolute atomic E-state index is 7.89. The van der Waals surface area contributed by atoms with Gasteiger partial charge in [0.15, 0.2) is 0 Å². The summed E-state index contributed by atoms with van der Waals surface area (Å²) in [5, 5.41) is 9.75. The molecule has 0 aromatic heterocycles. The summed E-state index contributed by atoms with van der Waals surface area (Å²) in [6.07, 6.45) is 35.2. The molecule has 0 spiro atoms. The molecule has 4 aliphatic rings. The van der Waals surface area contributed by atoms with E-state index < -0.39 is 0 Å². The average Bonchev–Trinajstić information content (AvgIpc) is 0.698. The maximum Gasteiger partial charge on any atom is 0.128 e. The van der Waals surface area contributed by atoms with E-state index in [0.29, 0.717) is 11.8 Å². The van der Waals surface area contributed by atoms with Crippen molar-refractivity contribution in [1.29, 1.82) is 0 Å². The molecule has 4 unspecified atom stereocenters. The molecule has 0 N–H and O–H groups in total. The van der Waals surface area contributed by atoms with E-state index in [1.54, 1.807) is 0 Å². The van der Waals surface area contributed by atoms with Crippen LogP contribution in [0.3, 0.4) is 0 Å². The van der Waals surface area contributed by atoms with Crippen LogP contribution in [0.1, 0.15) is 173 Å². The van der Waals surface area contributed by atoms with Crippen molar-refractivity contribution in [3.05, 3.63) is 239 Å². The molecule has 0 radical (unpaired) electrons. The molecule has 0 amide bonds. The van der Waals surface area contributed by atoms with E-state index in [-0.39, 0.29) is 12.2 Å². The second kappa shape index (κ2) is 27.8. The summed E-state index contributed by atoms with van der Waals surface area (Å²) in [5.41, 5.74) is 16.5. The van der Waals surface area contributed by atoms with Gasteiger partial charge in [0.1, 0.15) is 23.7 Å². The first-order valence-electron chi connectivity index (χ1n) is 36.2. The summed E-state index contributed by atoms with van der Waals surface area (Å²) < 4.78 is 15.8. The first kappa shape index (κ1) is 61.6. The molecule has 4 aliphatic carbocycles. The number of aryl methyl sites for hydroxylation is 4. The Kier molecular flexibility index (Phi) is 18.2. The minimum atomic E-state index is 0.156. The molecule has 11 aromatic rings. The van der Waals surface area contributed by atoms with Crippen LogP contribution in [0.2, 0.25) is 0 Å². The molecule has 4 heteroatoms. The highest BCUT2D eigenvalue weighted by molar-refractivity contribution is 6.37. The van der Waals surface area contributed by atoms with Crippen LogP contribution in [-0.4, -0.2) is 12.2 Å². The highest BCUT2D eigenvalue weighted by Crippen LogP contribution is 2.54. The number of anilines is 6. The van der Waals surface area contributed by atoms with Crippen LogP contribution in [-0.2, 0) is 0 Å². The number of nitrogens with zero attached hydrogens (tertiary/aromatic N) is 2. The minimum absolute atomic E-state index is 0.156. The number of hydrogen-bond acceptors (Lipinski definition) is 4. The van der Waals surface area contributed by atoms with E-state index in [1.165, 1.54) is 192 Å². The van der Waals surface area contributed by atoms with Gasteiger partial charge < -0.3 is 19.3 Å². The predicted octanol–water partition coefficient (Wildman–Crippen LogP) is 26.1. The topological polar surface area (TPSA) is 24.9 Å². The molecule has 0 aliphatic heterocycles. The third-order valence-corrected chi connectivity index (χ3v) is 22.2. The molecule has 4 atom stereocenters. The summed E-state index contributed by atoms with van der Waals surface area (Å²) in [7, 11) is 0. The van der Waals surface area contributed by atoms with Crippen LogP contribution < -0.4 is 19.3 Å². The molecule has 0 saturated heterocycles. The zero-order valence-corrected chi connectivity index (χ0v) is 56.1. The Bertz CT molecular complexity index is 4150. The molecule has 15 rings (SSSR count). The number of rotatable bonds is 18.